The summed E-state index contributed by atoms with van der Waals surface area (Å²) in [5.74, 6) is 17.1. The second kappa shape index (κ2) is 24.1. The van der Waals surface area contributed by atoms with Gasteiger partial charge in [0.05, 0.1) is 0 Å². The van der Waals surface area contributed by atoms with Gasteiger partial charge < -0.3 is 9.47 Å². The lowest BCUT2D eigenvalue weighted by atomic mass is 10.4. The van der Waals surface area contributed by atoms with Crippen molar-refractivity contribution in [1.29, 1.82) is 0 Å². The molecule has 0 saturated carbocycles. The molecule has 0 aromatic carbocycles. The van der Waals surface area contributed by atoms with Crippen molar-refractivity contribution in [2.75, 3.05) is 92.0 Å². The number of esters is 2. The van der Waals surface area contributed by atoms with Crippen LogP contribution in [0.1, 0.15) is 0 Å². The summed E-state index contributed by atoms with van der Waals surface area (Å²) in [6.45, 7) is 7.15. The van der Waals surface area contributed by atoms with E-state index in [0.717, 1.165) is 68.0 Å². The van der Waals surface area contributed by atoms with Crippen molar-refractivity contribution in [3.63, 3.8) is 0 Å². The number of carbonyl (C=O) groups excluding carboxylic acids is 2. The van der Waals surface area contributed by atoms with E-state index in [1.807, 2.05) is 47.0 Å². The SMILES string of the molecule is C=CC(=O)OC(CSCC1CSCCS1)CSCC1CSC(CSCC(CSCC2CSCCS2)OC(=O)C=C)CS1. The second-order valence-electron chi connectivity index (χ2n) is 9.72. The normalized spacial score (nSPS) is 26.1. The van der Waals surface area contributed by atoms with Gasteiger partial charge in [-0.05, 0) is 0 Å². The summed E-state index contributed by atoms with van der Waals surface area (Å²) in [4.78, 5) is 23.8. The Morgan fingerprint density at radius 3 is 1.24 bits per heavy atom. The van der Waals surface area contributed by atoms with Crippen LogP contribution in [0.15, 0.2) is 25.3 Å². The van der Waals surface area contributed by atoms with Gasteiger partial charge in [-0.3, -0.25) is 0 Å². The van der Waals surface area contributed by atoms with Crippen LogP contribution in [0, 0.1) is 0 Å². The van der Waals surface area contributed by atoms with Gasteiger partial charge in [-0.2, -0.15) is 118 Å². The van der Waals surface area contributed by atoms with Crippen LogP contribution < -0.4 is 0 Å². The molecular weight excluding hydrogens is 721 g/mol. The maximum Gasteiger partial charge on any atom is 0.330 e. The van der Waals surface area contributed by atoms with E-state index in [0.29, 0.717) is 10.5 Å². The minimum atomic E-state index is -0.311. The quantitative estimate of drug-likeness (QED) is 0.0943. The van der Waals surface area contributed by atoms with Crippen molar-refractivity contribution < 1.29 is 19.1 Å². The topological polar surface area (TPSA) is 52.6 Å². The molecule has 0 amide bonds. The van der Waals surface area contributed by atoms with Gasteiger partial charge in [0.25, 0.3) is 0 Å². The third-order valence-electron chi connectivity index (χ3n) is 6.13. The minimum Gasteiger partial charge on any atom is -0.457 e. The highest BCUT2D eigenvalue weighted by atomic mass is 32.2. The Balaban J connectivity index is 1.28. The van der Waals surface area contributed by atoms with E-state index in [1.165, 1.54) is 46.7 Å². The number of hydrogen-bond donors (Lipinski definition) is 0. The lowest BCUT2D eigenvalue weighted by Gasteiger charge is -2.28. The van der Waals surface area contributed by atoms with Gasteiger partial charge in [0.1, 0.15) is 12.2 Å². The van der Waals surface area contributed by atoms with Crippen LogP contribution in [0.4, 0.5) is 0 Å². The van der Waals surface area contributed by atoms with Gasteiger partial charge >= 0.3 is 11.9 Å². The molecule has 0 aliphatic carbocycles. The summed E-state index contributed by atoms with van der Waals surface area (Å²) in [6.07, 6.45) is 2.45. The van der Waals surface area contributed by atoms with Crippen LogP contribution >= 0.6 is 118 Å². The largest absolute Gasteiger partial charge is 0.457 e. The number of ether oxygens (including phenoxy) is 2. The lowest BCUT2D eigenvalue weighted by Crippen LogP contribution is -2.28. The molecule has 0 radical (unpaired) electrons. The summed E-state index contributed by atoms with van der Waals surface area (Å²) in [5, 5.41) is 2.70. The van der Waals surface area contributed by atoms with E-state index in [1.54, 1.807) is 0 Å². The highest BCUT2D eigenvalue weighted by Crippen LogP contribution is 2.34. The molecule has 0 bridgehead atoms. The molecule has 14 heteroatoms. The molecule has 3 aliphatic rings. The van der Waals surface area contributed by atoms with Crippen LogP contribution in [0.3, 0.4) is 0 Å². The molecule has 3 saturated heterocycles. The molecule has 4 nitrogen and oxygen atoms in total. The molecule has 3 heterocycles. The molecule has 3 fully saturated rings. The van der Waals surface area contributed by atoms with Gasteiger partial charge in [-0.25, -0.2) is 9.59 Å². The number of carbonyl (C=O) groups is 2. The maximum atomic E-state index is 11.9. The molecule has 240 valence electrons. The maximum absolute atomic E-state index is 11.9. The standard InChI is InChI=1S/C28H44O4S10/c1-3-27(29)31-21(9-35-15-23-13-33-5-7-39-23)11-37-17-25-19-42-26(20-41-25)18-38-12-22(32-28(30)4-2)10-36-16-24-14-34-6-8-40-24/h3-4,21-26H,1-2,5-20H2. The van der Waals surface area contributed by atoms with Gasteiger partial charge in [0.15, 0.2) is 0 Å². The molecule has 0 spiro atoms. The highest BCUT2D eigenvalue weighted by Gasteiger charge is 2.25. The molecule has 0 aromatic rings. The molecule has 0 N–H and O–H groups in total. The van der Waals surface area contributed by atoms with E-state index >= 15 is 0 Å². The van der Waals surface area contributed by atoms with Gasteiger partial charge in [0.2, 0.25) is 0 Å². The molecule has 0 aromatic heterocycles. The van der Waals surface area contributed by atoms with Gasteiger partial charge in [0, 0.05) is 125 Å². The fourth-order valence-electron chi connectivity index (χ4n) is 4.02. The Morgan fingerprint density at radius 2 is 0.952 bits per heavy atom. The molecule has 42 heavy (non-hydrogen) atoms. The number of rotatable bonds is 20. The molecular formula is C28H44O4S10. The highest BCUT2D eigenvalue weighted by molar-refractivity contribution is 8.09. The molecule has 6 atom stereocenters. The number of hydrogen-bond acceptors (Lipinski definition) is 14. The van der Waals surface area contributed by atoms with Crippen molar-refractivity contribution in [3.05, 3.63) is 25.3 Å². The fourth-order valence-corrected chi connectivity index (χ4v) is 18.7. The van der Waals surface area contributed by atoms with Crippen molar-refractivity contribution in [2.45, 2.75) is 33.2 Å². The smallest absolute Gasteiger partial charge is 0.330 e. The lowest BCUT2D eigenvalue weighted by molar-refractivity contribution is -0.141. The van der Waals surface area contributed by atoms with E-state index in [9.17, 15) is 9.59 Å². The summed E-state index contributed by atoms with van der Waals surface area (Å²) >= 11 is 20.1. The van der Waals surface area contributed by atoms with Crippen molar-refractivity contribution >= 4 is 130 Å². The second-order valence-corrected chi connectivity index (χ2v) is 21.8. The molecule has 3 rings (SSSR count). The Hall–Kier alpha value is 1.92. The zero-order valence-corrected chi connectivity index (χ0v) is 32.2. The zero-order valence-electron chi connectivity index (χ0n) is 24.1. The molecule has 6 unspecified atom stereocenters. The predicted octanol–water partition coefficient (Wildman–Crippen LogP) is 7.03. The minimum absolute atomic E-state index is 0.0567. The van der Waals surface area contributed by atoms with Crippen LogP contribution in [-0.2, 0) is 19.1 Å². The average Bonchev–Trinajstić information content (AvgIpc) is 3.02. The Morgan fingerprint density at radius 1 is 0.595 bits per heavy atom. The Labute approximate surface area is 296 Å². The summed E-state index contributed by atoms with van der Waals surface area (Å²) in [5.41, 5.74) is 0. The van der Waals surface area contributed by atoms with Crippen LogP contribution in [0.5, 0.6) is 0 Å². The summed E-state index contributed by atoms with van der Waals surface area (Å²) in [7, 11) is 0. The Bertz CT molecular complexity index is 723. The van der Waals surface area contributed by atoms with Crippen molar-refractivity contribution in [3.8, 4) is 0 Å². The first kappa shape index (κ1) is 38.4. The van der Waals surface area contributed by atoms with Crippen LogP contribution in [-0.4, -0.2) is 137 Å². The molecule has 3 aliphatic heterocycles. The van der Waals surface area contributed by atoms with E-state index in [-0.39, 0.29) is 24.1 Å². The van der Waals surface area contributed by atoms with E-state index < -0.39 is 0 Å². The zero-order chi connectivity index (χ0) is 29.8. The first-order chi connectivity index (χ1) is 20.6. The van der Waals surface area contributed by atoms with Crippen molar-refractivity contribution in [1.82, 2.24) is 0 Å². The summed E-state index contributed by atoms with van der Waals surface area (Å²) < 4.78 is 11.4. The van der Waals surface area contributed by atoms with Gasteiger partial charge in [-0.1, -0.05) is 13.2 Å². The third-order valence-corrected chi connectivity index (χ3v) is 20.9. The van der Waals surface area contributed by atoms with Crippen LogP contribution in [0.2, 0.25) is 0 Å². The summed E-state index contributed by atoms with van der Waals surface area (Å²) in [6, 6.07) is 0. The number of thioether (sulfide) groups is 10. The van der Waals surface area contributed by atoms with E-state index in [4.69, 9.17) is 9.47 Å². The predicted molar refractivity (Wildman–Crippen MR) is 209 cm³/mol. The average molecular weight is 765 g/mol. The Kier molecular flexibility index (Phi) is 22.0. The van der Waals surface area contributed by atoms with E-state index in [2.05, 4.69) is 83.7 Å². The first-order valence-corrected chi connectivity index (χ1v) is 25.3. The van der Waals surface area contributed by atoms with Crippen LogP contribution in [0.25, 0.3) is 0 Å². The third kappa shape index (κ3) is 17.2. The monoisotopic (exact) mass is 764 g/mol. The fraction of sp³-hybridized carbons (Fsp3) is 0.786. The van der Waals surface area contributed by atoms with Crippen molar-refractivity contribution in [2.24, 2.45) is 0 Å². The first-order valence-electron chi connectivity index (χ1n) is 14.1. The van der Waals surface area contributed by atoms with Gasteiger partial charge in [-0.15, -0.1) is 0 Å².